The molecule has 0 saturated heterocycles. The average Bonchev–Trinajstić information content (AvgIpc) is 2.43. The fourth-order valence-corrected chi connectivity index (χ4v) is 2.41. The molecule has 0 atom stereocenters. The van der Waals surface area contributed by atoms with Gasteiger partial charge in [0.2, 0.25) is 5.91 Å². The summed E-state index contributed by atoms with van der Waals surface area (Å²) in [7, 11) is 1.55. The number of likely N-dealkylation sites (N-methyl/N-ethyl adjacent to an activating group) is 1. The normalized spacial score (nSPS) is 11.8. The Bertz CT molecular complexity index is 594. The van der Waals surface area contributed by atoms with Gasteiger partial charge in [-0.15, -0.1) is 0 Å². The van der Waals surface area contributed by atoms with E-state index in [2.05, 4.69) is 35.1 Å². The predicted molar refractivity (Wildman–Crippen MR) is 99.0 cm³/mol. The van der Waals surface area contributed by atoms with Crippen molar-refractivity contribution in [3.63, 3.8) is 0 Å². The van der Waals surface area contributed by atoms with Gasteiger partial charge in [-0.05, 0) is 38.5 Å². The van der Waals surface area contributed by atoms with Crippen LogP contribution in [0.2, 0.25) is 0 Å². The number of benzene rings is 1. The summed E-state index contributed by atoms with van der Waals surface area (Å²) in [5.41, 5.74) is 0.326. The molecule has 6 heteroatoms. The van der Waals surface area contributed by atoms with Crippen molar-refractivity contribution in [3.05, 3.63) is 34.3 Å². The molecule has 1 aromatic carbocycles. The van der Waals surface area contributed by atoms with Crippen molar-refractivity contribution >= 4 is 27.9 Å². The molecule has 134 valence electrons. The topological polar surface area (TPSA) is 58.6 Å². The number of hydrogen-bond donors (Lipinski definition) is 1. The third kappa shape index (κ3) is 6.91. The van der Waals surface area contributed by atoms with Crippen LogP contribution in [-0.4, -0.2) is 42.6 Å². The quantitative estimate of drug-likeness (QED) is 0.821. The zero-order valence-electron chi connectivity index (χ0n) is 15.3. The summed E-state index contributed by atoms with van der Waals surface area (Å²) in [4.78, 5) is 25.2. The van der Waals surface area contributed by atoms with Crippen LogP contribution in [0, 0.1) is 0 Å². The van der Waals surface area contributed by atoms with E-state index in [1.54, 1.807) is 27.8 Å². The second-order valence-corrected chi connectivity index (χ2v) is 8.42. The monoisotopic (exact) mass is 398 g/mol. The molecule has 1 aromatic rings. The Kier molecular flexibility index (Phi) is 6.84. The van der Waals surface area contributed by atoms with Gasteiger partial charge in [0.1, 0.15) is 12.1 Å². The van der Waals surface area contributed by atoms with Gasteiger partial charge in [0.05, 0.1) is 0 Å². The van der Waals surface area contributed by atoms with Crippen molar-refractivity contribution in [2.24, 2.45) is 0 Å². The molecule has 0 aliphatic carbocycles. The number of halogens is 1. The number of hydrogen-bond acceptors (Lipinski definition) is 3. The molecule has 0 aliphatic heterocycles. The van der Waals surface area contributed by atoms with Gasteiger partial charge in [-0.1, -0.05) is 41.9 Å². The number of nitrogens with zero attached hydrogens (tertiary/aromatic N) is 1. The number of rotatable bonds is 5. The van der Waals surface area contributed by atoms with E-state index in [4.69, 9.17) is 4.74 Å². The number of carbonyl (C=O) groups is 2. The molecule has 0 fully saturated rings. The standard InChI is InChI=1S/C18H27BrN2O3/c1-17(2,3)24-16(23)21(6)11-15(22)20-12-18(4,5)13-8-7-9-14(19)10-13/h7-10H,11-12H2,1-6H3,(H,20,22). The van der Waals surface area contributed by atoms with Crippen LogP contribution >= 0.6 is 15.9 Å². The minimum absolute atomic E-state index is 0.0382. The van der Waals surface area contributed by atoms with Crippen molar-refractivity contribution < 1.29 is 14.3 Å². The van der Waals surface area contributed by atoms with Crippen LogP contribution in [0.4, 0.5) is 4.79 Å². The molecule has 1 rings (SSSR count). The molecule has 0 aliphatic rings. The Morgan fingerprint density at radius 3 is 2.38 bits per heavy atom. The van der Waals surface area contributed by atoms with Crippen molar-refractivity contribution in [3.8, 4) is 0 Å². The number of carbonyl (C=O) groups excluding carboxylic acids is 2. The largest absolute Gasteiger partial charge is 0.444 e. The highest BCUT2D eigenvalue weighted by Crippen LogP contribution is 2.25. The van der Waals surface area contributed by atoms with Gasteiger partial charge in [-0.25, -0.2) is 4.79 Å². The summed E-state index contributed by atoms with van der Waals surface area (Å²) in [5, 5.41) is 2.89. The Balaban J connectivity index is 2.55. The van der Waals surface area contributed by atoms with E-state index in [9.17, 15) is 9.59 Å². The van der Waals surface area contributed by atoms with Crippen LogP contribution in [0.25, 0.3) is 0 Å². The van der Waals surface area contributed by atoms with Crippen LogP contribution in [0.1, 0.15) is 40.2 Å². The molecule has 1 N–H and O–H groups in total. The van der Waals surface area contributed by atoms with E-state index < -0.39 is 11.7 Å². The minimum atomic E-state index is -0.579. The highest BCUT2D eigenvalue weighted by atomic mass is 79.9. The first kappa shape index (κ1) is 20.5. The third-order valence-electron chi connectivity index (χ3n) is 3.42. The number of ether oxygens (including phenoxy) is 1. The summed E-state index contributed by atoms with van der Waals surface area (Å²) in [6, 6.07) is 8.01. The van der Waals surface area contributed by atoms with E-state index in [0.29, 0.717) is 6.54 Å². The lowest BCUT2D eigenvalue weighted by Gasteiger charge is -2.27. The number of nitrogens with one attached hydrogen (secondary N) is 1. The fraction of sp³-hybridized carbons (Fsp3) is 0.556. The Hall–Kier alpha value is -1.56. The molecule has 0 spiro atoms. The predicted octanol–water partition coefficient (Wildman–Crippen LogP) is 3.71. The molecule has 0 heterocycles. The van der Waals surface area contributed by atoms with Crippen molar-refractivity contribution in [2.75, 3.05) is 20.1 Å². The van der Waals surface area contributed by atoms with Crippen LogP contribution in [-0.2, 0) is 14.9 Å². The van der Waals surface area contributed by atoms with Crippen LogP contribution < -0.4 is 5.32 Å². The number of amides is 2. The fourth-order valence-electron chi connectivity index (χ4n) is 2.01. The Morgan fingerprint density at radius 1 is 1.21 bits per heavy atom. The van der Waals surface area contributed by atoms with E-state index in [1.807, 2.05) is 24.3 Å². The van der Waals surface area contributed by atoms with Gasteiger partial charge >= 0.3 is 6.09 Å². The van der Waals surface area contributed by atoms with E-state index in [-0.39, 0.29) is 17.9 Å². The van der Waals surface area contributed by atoms with Gasteiger partial charge in [0.15, 0.2) is 0 Å². The van der Waals surface area contributed by atoms with Gasteiger partial charge in [-0.3, -0.25) is 4.79 Å². The first-order chi connectivity index (χ1) is 10.9. The zero-order chi connectivity index (χ0) is 18.5. The van der Waals surface area contributed by atoms with Gasteiger partial charge < -0.3 is 15.0 Å². The highest BCUT2D eigenvalue weighted by molar-refractivity contribution is 9.10. The average molecular weight is 399 g/mol. The summed E-state index contributed by atoms with van der Waals surface area (Å²) in [6.45, 7) is 9.94. The maximum absolute atomic E-state index is 12.1. The second-order valence-electron chi connectivity index (χ2n) is 7.51. The summed E-state index contributed by atoms with van der Waals surface area (Å²) < 4.78 is 6.23. The molecule has 2 amide bonds. The molecule has 0 saturated carbocycles. The van der Waals surface area contributed by atoms with E-state index in [0.717, 1.165) is 10.0 Å². The Morgan fingerprint density at radius 2 is 1.83 bits per heavy atom. The highest BCUT2D eigenvalue weighted by Gasteiger charge is 2.24. The molecule has 0 unspecified atom stereocenters. The van der Waals surface area contributed by atoms with Crippen LogP contribution in [0.3, 0.4) is 0 Å². The molecule has 0 aromatic heterocycles. The van der Waals surface area contributed by atoms with Crippen molar-refractivity contribution in [2.45, 2.75) is 45.6 Å². The van der Waals surface area contributed by atoms with E-state index >= 15 is 0 Å². The lowest BCUT2D eigenvalue weighted by atomic mass is 9.84. The summed E-state index contributed by atoms with van der Waals surface area (Å²) in [6.07, 6.45) is -0.510. The summed E-state index contributed by atoms with van der Waals surface area (Å²) in [5.74, 6) is -0.216. The molecular weight excluding hydrogens is 372 g/mol. The van der Waals surface area contributed by atoms with Crippen molar-refractivity contribution in [1.29, 1.82) is 0 Å². The summed E-state index contributed by atoms with van der Waals surface area (Å²) >= 11 is 3.46. The first-order valence-electron chi connectivity index (χ1n) is 7.87. The zero-order valence-corrected chi connectivity index (χ0v) is 16.9. The second kappa shape index (κ2) is 8.01. The lowest BCUT2D eigenvalue weighted by Crippen LogP contribution is -2.44. The smallest absolute Gasteiger partial charge is 0.410 e. The molecule has 0 bridgehead atoms. The van der Waals surface area contributed by atoms with Crippen LogP contribution in [0.15, 0.2) is 28.7 Å². The molecule has 0 radical (unpaired) electrons. The van der Waals surface area contributed by atoms with Gasteiger partial charge in [-0.2, -0.15) is 0 Å². The lowest BCUT2D eigenvalue weighted by molar-refractivity contribution is -0.122. The van der Waals surface area contributed by atoms with Gasteiger partial charge in [0.25, 0.3) is 0 Å². The van der Waals surface area contributed by atoms with Crippen molar-refractivity contribution in [1.82, 2.24) is 10.2 Å². The maximum atomic E-state index is 12.1. The third-order valence-corrected chi connectivity index (χ3v) is 3.91. The first-order valence-corrected chi connectivity index (χ1v) is 8.67. The van der Waals surface area contributed by atoms with Crippen LogP contribution in [0.5, 0.6) is 0 Å². The Labute approximate surface area is 152 Å². The maximum Gasteiger partial charge on any atom is 0.410 e. The van der Waals surface area contributed by atoms with E-state index in [1.165, 1.54) is 4.90 Å². The van der Waals surface area contributed by atoms with Gasteiger partial charge in [0, 0.05) is 23.5 Å². The minimum Gasteiger partial charge on any atom is -0.444 e. The molecule has 24 heavy (non-hydrogen) atoms. The molecular formula is C18H27BrN2O3. The molecule has 5 nitrogen and oxygen atoms in total. The SMILES string of the molecule is CN(CC(=O)NCC(C)(C)c1cccc(Br)c1)C(=O)OC(C)(C)C.